The molecular weight excluding hydrogens is 486 g/mol. The second-order valence-electron chi connectivity index (χ2n) is 7.71. The number of ether oxygens (including phenoxy) is 5. The molecular formula is C26H27NO8S. The van der Waals surface area contributed by atoms with Gasteiger partial charge in [-0.1, -0.05) is 36.4 Å². The van der Waals surface area contributed by atoms with Crippen molar-refractivity contribution in [3.63, 3.8) is 0 Å². The van der Waals surface area contributed by atoms with Crippen LogP contribution in [0.2, 0.25) is 0 Å². The molecule has 0 amide bonds. The highest BCUT2D eigenvalue weighted by Gasteiger charge is 2.49. The number of carbonyl (C=O) groups excluding carboxylic acids is 3. The lowest BCUT2D eigenvalue weighted by Crippen LogP contribution is -2.38. The fraction of sp³-hybridized carbons (Fsp3) is 0.308. The smallest absolute Gasteiger partial charge is 0.330 e. The topological polar surface area (TPSA) is 110 Å². The van der Waals surface area contributed by atoms with Crippen molar-refractivity contribution >= 4 is 34.0 Å². The zero-order valence-electron chi connectivity index (χ0n) is 20.4. The van der Waals surface area contributed by atoms with Crippen LogP contribution in [-0.4, -0.2) is 56.3 Å². The van der Waals surface area contributed by atoms with Gasteiger partial charge in [0.1, 0.15) is 6.61 Å². The van der Waals surface area contributed by atoms with Crippen LogP contribution in [0.5, 0.6) is 11.5 Å². The van der Waals surface area contributed by atoms with Crippen LogP contribution < -0.4 is 9.47 Å². The second kappa shape index (κ2) is 12.3. The molecule has 0 saturated heterocycles. The maximum absolute atomic E-state index is 13.5. The van der Waals surface area contributed by atoms with Crippen molar-refractivity contribution in [2.24, 2.45) is 4.99 Å². The Hall–Kier alpha value is -3.79. The minimum absolute atomic E-state index is 0.0250. The van der Waals surface area contributed by atoms with Gasteiger partial charge in [-0.2, -0.15) is 0 Å². The van der Waals surface area contributed by atoms with E-state index in [1.165, 1.54) is 28.4 Å². The van der Waals surface area contributed by atoms with E-state index in [1.54, 1.807) is 18.2 Å². The van der Waals surface area contributed by atoms with E-state index in [0.717, 1.165) is 23.4 Å². The molecule has 36 heavy (non-hydrogen) atoms. The van der Waals surface area contributed by atoms with E-state index in [2.05, 4.69) is 4.99 Å². The number of benzene rings is 2. The average molecular weight is 514 g/mol. The van der Waals surface area contributed by atoms with Gasteiger partial charge >= 0.3 is 11.9 Å². The first-order chi connectivity index (χ1) is 17.3. The Bertz CT molecular complexity index is 1180. The van der Waals surface area contributed by atoms with Crippen LogP contribution in [-0.2, 0) is 41.6 Å². The Kier molecular flexibility index (Phi) is 9.13. The lowest BCUT2D eigenvalue weighted by atomic mass is 9.82. The van der Waals surface area contributed by atoms with Gasteiger partial charge in [-0.15, -0.1) is 0 Å². The third-order valence-electron chi connectivity index (χ3n) is 5.50. The summed E-state index contributed by atoms with van der Waals surface area (Å²) >= 11 is 0.814. The summed E-state index contributed by atoms with van der Waals surface area (Å²) in [5, 5.41) is -0.274. The third-order valence-corrected chi connectivity index (χ3v) is 6.41. The molecule has 0 spiro atoms. The van der Waals surface area contributed by atoms with Crippen LogP contribution in [0.15, 0.2) is 65.2 Å². The molecule has 0 saturated carbocycles. The quantitative estimate of drug-likeness (QED) is 0.348. The van der Waals surface area contributed by atoms with Crippen molar-refractivity contribution in [2.75, 3.05) is 28.4 Å². The molecule has 0 aromatic heterocycles. The summed E-state index contributed by atoms with van der Waals surface area (Å²) in [6.07, 6.45) is 0.789. The Balaban J connectivity index is 2.07. The van der Waals surface area contributed by atoms with Crippen molar-refractivity contribution in [3.8, 4) is 11.5 Å². The number of methoxy groups -OCH3 is 4. The number of thioether (sulfide) groups is 1. The molecule has 1 aliphatic heterocycles. The van der Waals surface area contributed by atoms with Crippen molar-refractivity contribution in [2.45, 2.75) is 25.0 Å². The van der Waals surface area contributed by atoms with Crippen LogP contribution in [0.4, 0.5) is 0 Å². The number of rotatable bonds is 10. The summed E-state index contributed by atoms with van der Waals surface area (Å²) in [5.74, 6) is -0.396. The van der Waals surface area contributed by atoms with Gasteiger partial charge in [0.25, 0.3) is 5.23 Å². The van der Waals surface area contributed by atoms with Gasteiger partial charge in [0.2, 0.25) is 5.12 Å². The molecule has 2 aromatic carbocycles. The molecule has 0 fully saturated rings. The summed E-state index contributed by atoms with van der Waals surface area (Å²) in [6.45, 7) is 0.194. The molecule has 9 nitrogen and oxygen atoms in total. The van der Waals surface area contributed by atoms with E-state index < -0.39 is 22.6 Å². The summed E-state index contributed by atoms with van der Waals surface area (Å²) in [7, 11) is 5.45. The van der Waals surface area contributed by atoms with Gasteiger partial charge in [0.05, 0.1) is 34.9 Å². The monoisotopic (exact) mass is 513 g/mol. The van der Waals surface area contributed by atoms with Crippen LogP contribution in [0.25, 0.3) is 0 Å². The van der Waals surface area contributed by atoms with E-state index in [4.69, 9.17) is 23.7 Å². The van der Waals surface area contributed by atoms with E-state index in [-0.39, 0.29) is 30.3 Å². The average Bonchev–Trinajstić information content (AvgIpc) is 3.22. The maximum Gasteiger partial charge on any atom is 0.330 e. The highest BCUT2D eigenvalue weighted by Crippen LogP contribution is 2.42. The van der Waals surface area contributed by atoms with Gasteiger partial charge in [0, 0.05) is 24.3 Å². The van der Waals surface area contributed by atoms with E-state index >= 15 is 0 Å². The zero-order chi connectivity index (χ0) is 26.1. The highest BCUT2D eigenvalue weighted by atomic mass is 32.2. The molecule has 1 atom stereocenters. The van der Waals surface area contributed by atoms with Gasteiger partial charge < -0.3 is 23.7 Å². The SMILES string of the molecule is COC(=O)/C=C(\CC(=O)OC)[C@]1(Cc2ccc(OC)c(OC)c2)N=C(OCc2ccccc2)SC1=O. The number of nitrogens with zero attached hydrogens (tertiary/aromatic N) is 1. The number of aliphatic imine (C=N–C) groups is 1. The van der Waals surface area contributed by atoms with Crippen molar-refractivity contribution in [3.05, 3.63) is 71.3 Å². The van der Waals surface area contributed by atoms with Crippen LogP contribution >= 0.6 is 11.8 Å². The molecule has 0 radical (unpaired) electrons. The van der Waals surface area contributed by atoms with Gasteiger partial charge in [0.15, 0.2) is 17.0 Å². The molecule has 0 aliphatic carbocycles. The first-order valence-electron chi connectivity index (χ1n) is 10.9. The molecule has 2 aromatic rings. The van der Waals surface area contributed by atoms with Gasteiger partial charge in [-0.25, -0.2) is 9.79 Å². The third kappa shape index (κ3) is 6.25. The summed E-state index contributed by atoms with van der Waals surface area (Å²) in [6, 6.07) is 14.6. The molecule has 10 heteroatoms. The van der Waals surface area contributed by atoms with Crippen molar-refractivity contribution < 1.29 is 38.1 Å². The summed E-state index contributed by atoms with van der Waals surface area (Å²) < 4.78 is 26.1. The number of carbonyl (C=O) groups is 3. The van der Waals surface area contributed by atoms with E-state index in [9.17, 15) is 14.4 Å². The number of hydrogen-bond donors (Lipinski definition) is 0. The first kappa shape index (κ1) is 26.8. The minimum atomic E-state index is -1.61. The standard InChI is InChI=1S/C26H27NO8S/c1-31-20-11-10-18(12-21(20)32-2)15-26(19(13-22(28)33-3)14-23(29)34-4)24(30)36-25(27-26)35-16-17-8-6-5-7-9-17/h5-13H,14-16H2,1-4H3/b19-13+/t26-/m0/s1. The molecule has 0 N–H and O–H groups in total. The second-order valence-corrected chi connectivity index (χ2v) is 8.64. The number of hydrogen-bond acceptors (Lipinski definition) is 10. The Morgan fingerprint density at radius 1 is 0.944 bits per heavy atom. The fourth-order valence-corrected chi connectivity index (χ4v) is 4.52. The maximum atomic E-state index is 13.5. The summed E-state index contributed by atoms with van der Waals surface area (Å²) in [5.41, 5.74) is 0.0752. The van der Waals surface area contributed by atoms with Gasteiger partial charge in [-0.05, 0) is 28.8 Å². The van der Waals surface area contributed by atoms with Crippen molar-refractivity contribution in [1.82, 2.24) is 0 Å². The molecule has 190 valence electrons. The van der Waals surface area contributed by atoms with Crippen LogP contribution in [0.3, 0.4) is 0 Å². The minimum Gasteiger partial charge on any atom is -0.493 e. The Labute approximate surface area is 213 Å². The molecule has 3 rings (SSSR count). The van der Waals surface area contributed by atoms with Crippen molar-refractivity contribution in [1.29, 1.82) is 0 Å². The highest BCUT2D eigenvalue weighted by molar-refractivity contribution is 8.26. The predicted octanol–water partition coefficient (Wildman–Crippen LogP) is 3.49. The molecule has 0 bridgehead atoms. The molecule has 1 aliphatic rings. The lowest BCUT2D eigenvalue weighted by molar-refractivity contribution is -0.139. The lowest BCUT2D eigenvalue weighted by Gasteiger charge is -2.26. The zero-order valence-corrected chi connectivity index (χ0v) is 21.3. The number of esters is 2. The van der Waals surface area contributed by atoms with Crippen LogP contribution in [0.1, 0.15) is 17.5 Å². The summed E-state index contributed by atoms with van der Waals surface area (Å²) in [4.78, 5) is 42.7. The molecule has 0 unspecified atom stereocenters. The largest absolute Gasteiger partial charge is 0.493 e. The van der Waals surface area contributed by atoms with E-state index in [1.807, 2.05) is 30.3 Å². The first-order valence-corrected chi connectivity index (χ1v) is 11.7. The fourth-order valence-electron chi connectivity index (χ4n) is 3.63. The Morgan fingerprint density at radius 3 is 2.31 bits per heavy atom. The molecule has 1 heterocycles. The van der Waals surface area contributed by atoms with E-state index in [0.29, 0.717) is 17.1 Å². The Morgan fingerprint density at radius 2 is 1.67 bits per heavy atom. The van der Waals surface area contributed by atoms with Gasteiger partial charge in [-0.3, -0.25) is 9.59 Å². The predicted molar refractivity (Wildman–Crippen MR) is 134 cm³/mol. The normalized spacial score (nSPS) is 17.3. The van der Waals surface area contributed by atoms with Crippen LogP contribution in [0, 0.1) is 0 Å².